The Bertz CT molecular complexity index is 835. The van der Waals surface area contributed by atoms with Crippen molar-refractivity contribution in [3.63, 3.8) is 0 Å². The van der Waals surface area contributed by atoms with E-state index in [4.69, 9.17) is 16.3 Å². The molecule has 0 aliphatic rings. The number of halogens is 1. The number of aryl methyl sites for hydroxylation is 1. The maximum Gasteiger partial charge on any atom is 0.343 e. The Labute approximate surface area is 153 Å². The molecule has 0 aromatic heterocycles. The molecule has 0 radical (unpaired) electrons. The summed E-state index contributed by atoms with van der Waals surface area (Å²) in [5, 5.41) is 0.606. The summed E-state index contributed by atoms with van der Waals surface area (Å²) in [5.74, 6) is 0.0946. The highest BCUT2D eigenvalue weighted by Gasteiger charge is 2.09. The first-order valence-corrected chi connectivity index (χ1v) is 8.70. The zero-order valence-corrected chi connectivity index (χ0v) is 14.8. The van der Waals surface area contributed by atoms with Gasteiger partial charge >= 0.3 is 5.97 Å². The highest BCUT2D eigenvalue weighted by atomic mass is 35.5. The van der Waals surface area contributed by atoms with Gasteiger partial charge in [-0.15, -0.1) is 0 Å². The molecule has 0 bridgehead atoms. The second-order valence-electron chi connectivity index (χ2n) is 5.87. The summed E-state index contributed by atoms with van der Waals surface area (Å²) >= 11 is 5.83. The Balaban J connectivity index is 1.70. The minimum absolute atomic E-state index is 0.382. The minimum atomic E-state index is -0.382. The van der Waals surface area contributed by atoms with Crippen molar-refractivity contribution in [1.82, 2.24) is 0 Å². The van der Waals surface area contributed by atoms with Gasteiger partial charge in [0.25, 0.3) is 0 Å². The molecule has 0 heterocycles. The summed E-state index contributed by atoms with van der Waals surface area (Å²) in [7, 11) is 0. The third-order valence-corrected chi connectivity index (χ3v) is 4.22. The van der Waals surface area contributed by atoms with Crippen LogP contribution in [-0.2, 0) is 6.42 Å². The zero-order chi connectivity index (χ0) is 17.6. The van der Waals surface area contributed by atoms with Gasteiger partial charge in [0.2, 0.25) is 0 Å². The smallest absolute Gasteiger partial charge is 0.343 e. The molecule has 0 spiro atoms. The van der Waals surface area contributed by atoms with E-state index < -0.39 is 0 Å². The maximum atomic E-state index is 12.2. The molecule has 3 aromatic carbocycles. The van der Waals surface area contributed by atoms with Crippen molar-refractivity contribution in [3.8, 4) is 16.9 Å². The fourth-order valence-electron chi connectivity index (χ4n) is 2.62. The first kappa shape index (κ1) is 17.2. The molecule has 0 saturated heterocycles. The van der Waals surface area contributed by atoms with Gasteiger partial charge in [-0.2, -0.15) is 0 Å². The molecule has 0 aliphatic carbocycles. The van der Waals surface area contributed by atoms with E-state index in [1.165, 1.54) is 5.56 Å². The fourth-order valence-corrected chi connectivity index (χ4v) is 2.75. The van der Waals surface area contributed by atoms with E-state index in [1.807, 2.05) is 12.1 Å². The number of ether oxygens (including phenoxy) is 1. The summed E-state index contributed by atoms with van der Waals surface area (Å²) in [6.07, 6.45) is 2.24. The lowest BCUT2D eigenvalue weighted by Gasteiger charge is -2.07. The molecule has 0 unspecified atom stereocenters. The Morgan fingerprint density at radius 3 is 1.96 bits per heavy atom. The van der Waals surface area contributed by atoms with E-state index in [2.05, 4.69) is 31.2 Å². The van der Waals surface area contributed by atoms with Gasteiger partial charge in [0, 0.05) is 5.02 Å². The number of carbonyl (C=O) groups is 1. The number of hydrogen-bond donors (Lipinski definition) is 0. The van der Waals surface area contributed by atoms with Crippen LogP contribution >= 0.6 is 11.6 Å². The van der Waals surface area contributed by atoms with E-state index in [1.54, 1.807) is 36.4 Å². The van der Waals surface area contributed by atoms with Crippen LogP contribution in [0.3, 0.4) is 0 Å². The number of rotatable bonds is 5. The first-order valence-electron chi connectivity index (χ1n) is 8.33. The summed E-state index contributed by atoms with van der Waals surface area (Å²) in [4.78, 5) is 12.2. The molecule has 2 nitrogen and oxygen atoms in total. The first-order chi connectivity index (χ1) is 12.2. The van der Waals surface area contributed by atoms with Gasteiger partial charge in [0.1, 0.15) is 5.75 Å². The number of hydrogen-bond acceptors (Lipinski definition) is 2. The highest BCUT2D eigenvalue weighted by Crippen LogP contribution is 2.22. The Morgan fingerprint density at radius 2 is 1.40 bits per heavy atom. The van der Waals surface area contributed by atoms with Crippen LogP contribution in [0.4, 0.5) is 0 Å². The SMILES string of the molecule is CCCc1ccc(-c2ccc(C(=O)Oc3ccc(Cl)cc3)cc2)cc1. The van der Waals surface area contributed by atoms with Gasteiger partial charge in [-0.1, -0.05) is 61.3 Å². The molecule has 0 fully saturated rings. The Morgan fingerprint density at radius 1 is 0.840 bits per heavy atom. The average Bonchev–Trinajstić information content (AvgIpc) is 2.65. The van der Waals surface area contributed by atoms with Crippen molar-refractivity contribution < 1.29 is 9.53 Å². The molecule has 0 N–H and O–H groups in total. The fraction of sp³-hybridized carbons (Fsp3) is 0.136. The van der Waals surface area contributed by atoms with Crippen molar-refractivity contribution in [2.24, 2.45) is 0 Å². The van der Waals surface area contributed by atoms with Crippen LogP contribution in [0.5, 0.6) is 5.75 Å². The molecule has 3 heteroatoms. The zero-order valence-electron chi connectivity index (χ0n) is 14.0. The van der Waals surface area contributed by atoms with Gasteiger partial charge in [-0.3, -0.25) is 0 Å². The van der Waals surface area contributed by atoms with Crippen LogP contribution in [0.2, 0.25) is 5.02 Å². The third-order valence-electron chi connectivity index (χ3n) is 3.97. The molecule has 0 amide bonds. The molecule has 25 heavy (non-hydrogen) atoms. The third kappa shape index (κ3) is 4.49. The van der Waals surface area contributed by atoms with Crippen LogP contribution in [0.1, 0.15) is 29.3 Å². The van der Waals surface area contributed by atoms with E-state index in [0.717, 1.165) is 24.0 Å². The van der Waals surface area contributed by atoms with Gasteiger partial charge in [0.05, 0.1) is 5.56 Å². The summed E-state index contributed by atoms with van der Waals surface area (Å²) in [6, 6.07) is 22.7. The molecular weight excluding hydrogens is 332 g/mol. The number of esters is 1. The molecule has 0 atom stereocenters. The summed E-state index contributed by atoms with van der Waals surface area (Å²) < 4.78 is 5.35. The van der Waals surface area contributed by atoms with Crippen molar-refractivity contribution in [2.75, 3.05) is 0 Å². The van der Waals surface area contributed by atoms with E-state index in [-0.39, 0.29) is 5.97 Å². The second-order valence-corrected chi connectivity index (χ2v) is 6.30. The van der Waals surface area contributed by atoms with Crippen molar-refractivity contribution >= 4 is 17.6 Å². The predicted molar refractivity (Wildman–Crippen MR) is 102 cm³/mol. The number of carbonyl (C=O) groups excluding carboxylic acids is 1. The lowest BCUT2D eigenvalue weighted by Crippen LogP contribution is -2.08. The van der Waals surface area contributed by atoms with Gasteiger partial charge in [0.15, 0.2) is 0 Å². The van der Waals surface area contributed by atoms with Crippen LogP contribution < -0.4 is 4.74 Å². The molecule has 126 valence electrons. The monoisotopic (exact) mass is 350 g/mol. The quantitative estimate of drug-likeness (QED) is 0.405. The van der Waals surface area contributed by atoms with Crippen molar-refractivity contribution in [3.05, 3.63) is 88.9 Å². The van der Waals surface area contributed by atoms with Gasteiger partial charge in [-0.25, -0.2) is 4.79 Å². The molecule has 3 rings (SSSR count). The molecule has 0 aliphatic heterocycles. The second kappa shape index (κ2) is 8.00. The summed E-state index contributed by atoms with van der Waals surface area (Å²) in [5.41, 5.74) is 4.07. The predicted octanol–water partition coefficient (Wildman–Crippen LogP) is 6.18. The topological polar surface area (TPSA) is 26.3 Å². The van der Waals surface area contributed by atoms with Crippen molar-refractivity contribution in [2.45, 2.75) is 19.8 Å². The maximum absolute atomic E-state index is 12.2. The van der Waals surface area contributed by atoms with E-state index in [0.29, 0.717) is 16.3 Å². The minimum Gasteiger partial charge on any atom is -0.423 e. The Hall–Kier alpha value is -2.58. The normalized spacial score (nSPS) is 10.5. The molecule has 0 saturated carbocycles. The van der Waals surface area contributed by atoms with Crippen molar-refractivity contribution in [1.29, 1.82) is 0 Å². The number of benzene rings is 3. The highest BCUT2D eigenvalue weighted by molar-refractivity contribution is 6.30. The van der Waals surface area contributed by atoms with Gasteiger partial charge in [-0.05, 0) is 59.5 Å². The summed E-state index contributed by atoms with van der Waals surface area (Å²) in [6.45, 7) is 2.18. The molecular formula is C22H19ClO2. The van der Waals surface area contributed by atoms with Gasteiger partial charge < -0.3 is 4.74 Å². The Kier molecular flexibility index (Phi) is 5.52. The molecule has 3 aromatic rings. The lowest BCUT2D eigenvalue weighted by atomic mass is 10.0. The largest absolute Gasteiger partial charge is 0.423 e. The van der Waals surface area contributed by atoms with Crippen LogP contribution in [-0.4, -0.2) is 5.97 Å². The average molecular weight is 351 g/mol. The lowest BCUT2D eigenvalue weighted by molar-refractivity contribution is 0.0735. The standard InChI is InChI=1S/C22H19ClO2/c1-2-3-16-4-6-17(7-5-16)18-8-10-19(11-9-18)22(24)25-21-14-12-20(23)13-15-21/h4-15H,2-3H2,1H3. The van der Waals surface area contributed by atoms with Crippen LogP contribution in [0.25, 0.3) is 11.1 Å². The van der Waals surface area contributed by atoms with Crippen LogP contribution in [0, 0.1) is 0 Å². The van der Waals surface area contributed by atoms with Crippen LogP contribution in [0.15, 0.2) is 72.8 Å². The van der Waals surface area contributed by atoms with E-state index >= 15 is 0 Å². The van der Waals surface area contributed by atoms with E-state index in [9.17, 15) is 4.79 Å².